The number of aryl methyl sites for hydroxylation is 2. The van der Waals surface area contributed by atoms with E-state index in [1.54, 1.807) is 35.3 Å². The zero-order valence-corrected chi connectivity index (χ0v) is 20.1. The van der Waals surface area contributed by atoms with Crippen LogP contribution in [-0.4, -0.2) is 50.3 Å². The van der Waals surface area contributed by atoms with Crippen LogP contribution >= 0.6 is 11.6 Å². The molecule has 1 saturated heterocycles. The minimum absolute atomic E-state index is 0.159. The first-order valence-electron chi connectivity index (χ1n) is 11.6. The highest BCUT2D eigenvalue weighted by molar-refractivity contribution is 6.33. The summed E-state index contributed by atoms with van der Waals surface area (Å²) in [6, 6.07) is 7.50. The van der Waals surface area contributed by atoms with E-state index in [1.807, 2.05) is 19.1 Å². The number of hydrogen-bond donors (Lipinski definition) is 2. The van der Waals surface area contributed by atoms with Crippen molar-refractivity contribution in [2.45, 2.75) is 32.4 Å². The van der Waals surface area contributed by atoms with Crippen molar-refractivity contribution < 1.29 is 4.74 Å². The van der Waals surface area contributed by atoms with Crippen LogP contribution in [-0.2, 0) is 11.3 Å². The Morgan fingerprint density at radius 2 is 2.09 bits per heavy atom. The Kier molecular flexibility index (Phi) is 6.72. The molecule has 1 atom stereocenters. The van der Waals surface area contributed by atoms with Gasteiger partial charge in [0.05, 0.1) is 30.2 Å². The van der Waals surface area contributed by atoms with Crippen molar-refractivity contribution in [3.63, 3.8) is 0 Å². The van der Waals surface area contributed by atoms with Gasteiger partial charge in [-0.05, 0) is 38.4 Å². The van der Waals surface area contributed by atoms with Crippen LogP contribution in [0.15, 0.2) is 47.7 Å². The van der Waals surface area contributed by atoms with Gasteiger partial charge in [0.2, 0.25) is 5.95 Å². The summed E-state index contributed by atoms with van der Waals surface area (Å²) >= 11 is 6.68. The maximum absolute atomic E-state index is 13.6. The first-order chi connectivity index (χ1) is 17.0. The molecule has 5 rings (SSSR count). The van der Waals surface area contributed by atoms with Gasteiger partial charge in [-0.1, -0.05) is 23.7 Å². The molecule has 10 heteroatoms. The van der Waals surface area contributed by atoms with Gasteiger partial charge < -0.3 is 15.8 Å². The van der Waals surface area contributed by atoms with Gasteiger partial charge in [0.25, 0.3) is 5.56 Å². The molecule has 1 aromatic carbocycles. The van der Waals surface area contributed by atoms with E-state index < -0.39 is 0 Å². The standard InChI is InChI=1S/C25H26ClN7O2/c1-15-11-28-13-22(30-15)16-3-4-19(21(26)10-16)20-9-17-12-29-25(31-18-5-8-35-14-18)32-23(17)33(24(20)34)7-2-6-27/h3-4,9-13,18H,2,5-8,14,27H2,1H3,(H,29,31,32)/t18-/m1/s1. The first kappa shape index (κ1) is 23.3. The second-order valence-electron chi connectivity index (χ2n) is 8.57. The fourth-order valence-corrected chi connectivity index (χ4v) is 4.49. The van der Waals surface area contributed by atoms with Gasteiger partial charge in [-0.2, -0.15) is 4.98 Å². The third-order valence-corrected chi connectivity index (χ3v) is 6.30. The molecule has 4 aromatic rings. The Hall–Kier alpha value is -3.40. The van der Waals surface area contributed by atoms with E-state index in [9.17, 15) is 4.79 Å². The van der Waals surface area contributed by atoms with E-state index in [0.717, 1.165) is 28.8 Å². The average molecular weight is 492 g/mol. The monoisotopic (exact) mass is 491 g/mol. The number of hydrogen-bond acceptors (Lipinski definition) is 8. The fraction of sp³-hybridized carbons (Fsp3) is 0.320. The molecule has 0 aliphatic carbocycles. The van der Waals surface area contributed by atoms with Crippen LogP contribution in [0.4, 0.5) is 5.95 Å². The smallest absolute Gasteiger partial charge is 0.260 e. The van der Waals surface area contributed by atoms with Crippen LogP contribution in [0.25, 0.3) is 33.4 Å². The molecule has 0 spiro atoms. The van der Waals surface area contributed by atoms with Crippen LogP contribution in [0, 0.1) is 6.92 Å². The van der Waals surface area contributed by atoms with Crippen molar-refractivity contribution in [1.29, 1.82) is 0 Å². The van der Waals surface area contributed by atoms with Crippen LogP contribution in [0.3, 0.4) is 0 Å². The third kappa shape index (κ3) is 4.88. The predicted molar refractivity (Wildman–Crippen MR) is 137 cm³/mol. The number of nitrogens with one attached hydrogen (secondary N) is 1. The number of halogens is 1. The van der Waals surface area contributed by atoms with E-state index in [-0.39, 0.29) is 11.6 Å². The highest BCUT2D eigenvalue weighted by atomic mass is 35.5. The molecule has 1 aliphatic heterocycles. The largest absolute Gasteiger partial charge is 0.379 e. The summed E-state index contributed by atoms with van der Waals surface area (Å²) in [6.07, 6.45) is 6.65. The number of benzene rings is 1. The van der Waals surface area contributed by atoms with Gasteiger partial charge >= 0.3 is 0 Å². The molecule has 0 bridgehead atoms. The Labute approximate surface area is 207 Å². The van der Waals surface area contributed by atoms with Crippen molar-refractivity contribution in [3.05, 3.63) is 63.9 Å². The Bertz CT molecular complexity index is 1430. The van der Waals surface area contributed by atoms with Gasteiger partial charge in [-0.25, -0.2) is 9.97 Å². The van der Waals surface area contributed by atoms with Crippen LogP contribution in [0.5, 0.6) is 0 Å². The van der Waals surface area contributed by atoms with Gasteiger partial charge in [0.1, 0.15) is 5.65 Å². The molecule has 0 unspecified atom stereocenters. The number of aromatic nitrogens is 5. The second-order valence-corrected chi connectivity index (χ2v) is 8.98. The van der Waals surface area contributed by atoms with Crippen LogP contribution in [0.2, 0.25) is 5.02 Å². The molecule has 9 nitrogen and oxygen atoms in total. The minimum atomic E-state index is -0.176. The van der Waals surface area contributed by atoms with E-state index >= 15 is 0 Å². The Morgan fingerprint density at radius 3 is 2.83 bits per heavy atom. The molecule has 3 aromatic heterocycles. The molecule has 1 fully saturated rings. The van der Waals surface area contributed by atoms with Gasteiger partial charge in [0.15, 0.2) is 0 Å². The SMILES string of the molecule is Cc1cncc(-c2ccc(-c3cc4cnc(N[C@@H]5CCOC5)nc4n(CCCN)c3=O)c(Cl)c2)n1. The topological polar surface area (TPSA) is 121 Å². The lowest BCUT2D eigenvalue weighted by Gasteiger charge is -2.15. The van der Waals surface area contributed by atoms with E-state index in [4.69, 9.17) is 22.1 Å². The molecular weight excluding hydrogens is 466 g/mol. The van der Waals surface area contributed by atoms with E-state index in [2.05, 4.69) is 25.3 Å². The van der Waals surface area contributed by atoms with Crippen molar-refractivity contribution in [2.75, 3.05) is 25.1 Å². The third-order valence-electron chi connectivity index (χ3n) is 5.99. The van der Waals surface area contributed by atoms with Crippen molar-refractivity contribution in [1.82, 2.24) is 24.5 Å². The Morgan fingerprint density at radius 1 is 1.20 bits per heavy atom. The average Bonchev–Trinajstić information content (AvgIpc) is 3.36. The molecule has 4 heterocycles. The quantitative estimate of drug-likeness (QED) is 0.403. The molecular formula is C25H26ClN7O2. The molecule has 3 N–H and O–H groups in total. The predicted octanol–water partition coefficient (Wildman–Crippen LogP) is 3.43. The van der Waals surface area contributed by atoms with Crippen molar-refractivity contribution in [3.8, 4) is 22.4 Å². The molecule has 35 heavy (non-hydrogen) atoms. The number of nitrogens with zero attached hydrogens (tertiary/aromatic N) is 5. The number of fused-ring (bicyclic) bond motifs is 1. The van der Waals surface area contributed by atoms with Gasteiger partial charge in [0, 0.05) is 52.6 Å². The van der Waals surface area contributed by atoms with Gasteiger partial charge in [-0.15, -0.1) is 0 Å². The number of pyridine rings is 1. The zero-order valence-electron chi connectivity index (χ0n) is 19.4. The molecule has 0 saturated carbocycles. The molecule has 1 aliphatic rings. The summed E-state index contributed by atoms with van der Waals surface area (Å²) in [7, 11) is 0. The highest BCUT2D eigenvalue weighted by Gasteiger charge is 2.19. The highest BCUT2D eigenvalue weighted by Crippen LogP contribution is 2.31. The lowest BCUT2D eigenvalue weighted by Crippen LogP contribution is -2.25. The van der Waals surface area contributed by atoms with Crippen molar-refractivity contribution >= 4 is 28.6 Å². The lowest BCUT2D eigenvalue weighted by atomic mass is 10.0. The molecule has 180 valence electrons. The second kappa shape index (κ2) is 10.1. The van der Waals surface area contributed by atoms with E-state index in [0.29, 0.717) is 60.5 Å². The number of rotatable bonds is 7. The van der Waals surface area contributed by atoms with Crippen LogP contribution in [0.1, 0.15) is 18.5 Å². The van der Waals surface area contributed by atoms with E-state index in [1.165, 1.54) is 0 Å². The number of ether oxygens (including phenoxy) is 1. The fourth-order valence-electron chi connectivity index (χ4n) is 4.20. The number of anilines is 1. The number of nitrogens with two attached hydrogens (primary N) is 1. The summed E-state index contributed by atoms with van der Waals surface area (Å²) in [5, 5.41) is 4.49. The first-order valence-corrected chi connectivity index (χ1v) is 11.9. The Balaban J connectivity index is 1.58. The summed E-state index contributed by atoms with van der Waals surface area (Å²) < 4.78 is 7.08. The molecule has 0 radical (unpaired) electrons. The lowest BCUT2D eigenvalue weighted by molar-refractivity contribution is 0.195. The normalized spacial score (nSPS) is 15.6. The maximum atomic E-state index is 13.6. The van der Waals surface area contributed by atoms with Gasteiger partial charge in [-0.3, -0.25) is 14.3 Å². The maximum Gasteiger partial charge on any atom is 0.260 e. The summed E-state index contributed by atoms with van der Waals surface area (Å²) in [6.45, 7) is 4.11. The summed E-state index contributed by atoms with van der Waals surface area (Å²) in [4.78, 5) is 31.5. The summed E-state index contributed by atoms with van der Waals surface area (Å²) in [5.41, 5.74) is 9.62. The zero-order chi connectivity index (χ0) is 24.4. The summed E-state index contributed by atoms with van der Waals surface area (Å²) in [5.74, 6) is 0.475. The minimum Gasteiger partial charge on any atom is -0.379 e. The van der Waals surface area contributed by atoms with Crippen molar-refractivity contribution in [2.24, 2.45) is 5.73 Å². The molecule has 0 amide bonds. The van der Waals surface area contributed by atoms with Crippen LogP contribution < -0.4 is 16.6 Å².